The average molecular weight is 380 g/mol. The van der Waals surface area contributed by atoms with E-state index in [0.29, 0.717) is 16.5 Å². The summed E-state index contributed by atoms with van der Waals surface area (Å²) >= 11 is 0. The number of benzene rings is 2. The van der Waals surface area contributed by atoms with Crippen LogP contribution in [-0.4, -0.2) is 36.0 Å². The predicted octanol–water partition coefficient (Wildman–Crippen LogP) is 2.89. The molecule has 2 aromatic carbocycles. The standard InChI is InChI=1S/C20H16N2O6/c1-27-10-9-21-17(12-5-4-6-13(11-12)22(25)26)16-18(23)14-7-2-3-8-15(14)28-19(16)20(21)24/h2-8,11,17H,9-10H2,1H3/t17-/m0/s1. The Morgan fingerprint density at radius 2 is 1.96 bits per heavy atom. The van der Waals surface area contributed by atoms with E-state index in [2.05, 4.69) is 0 Å². The number of carbonyl (C=O) groups excluding carboxylic acids is 1. The Morgan fingerprint density at radius 3 is 2.71 bits per heavy atom. The molecule has 0 unspecified atom stereocenters. The van der Waals surface area contributed by atoms with Crippen LogP contribution in [0.5, 0.6) is 0 Å². The van der Waals surface area contributed by atoms with Crippen LogP contribution in [0.4, 0.5) is 5.69 Å². The molecule has 0 radical (unpaired) electrons. The maximum absolute atomic E-state index is 13.2. The van der Waals surface area contributed by atoms with Crippen molar-refractivity contribution in [1.29, 1.82) is 0 Å². The topological polar surface area (TPSA) is 103 Å². The molecule has 3 aromatic rings. The number of para-hydroxylation sites is 1. The molecule has 0 spiro atoms. The Bertz CT molecular complexity index is 1150. The number of carbonyl (C=O) groups is 1. The molecular formula is C20H16N2O6. The smallest absolute Gasteiger partial charge is 0.290 e. The van der Waals surface area contributed by atoms with E-state index >= 15 is 0 Å². The second kappa shape index (κ2) is 6.90. The highest BCUT2D eigenvalue weighted by atomic mass is 16.6. The van der Waals surface area contributed by atoms with Crippen molar-refractivity contribution in [3.63, 3.8) is 0 Å². The highest BCUT2D eigenvalue weighted by Gasteiger charge is 2.42. The van der Waals surface area contributed by atoms with E-state index in [4.69, 9.17) is 9.15 Å². The highest BCUT2D eigenvalue weighted by molar-refractivity contribution is 5.99. The van der Waals surface area contributed by atoms with E-state index < -0.39 is 16.9 Å². The zero-order valence-electron chi connectivity index (χ0n) is 15.0. The number of non-ortho nitro benzene ring substituents is 1. The SMILES string of the molecule is COCCN1C(=O)c2oc3ccccc3c(=O)c2[C@@H]1c1cccc([N+](=O)[O-])c1. The van der Waals surface area contributed by atoms with E-state index in [9.17, 15) is 19.7 Å². The molecule has 1 amide bonds. The fourth-order valence-corrected chi connectivity index (χ4v) is 3.54. The van der Waals surface area contributed by atoms with Gasteiger partial charge in [0, 0.05) is 25.8 Å². The molecule has 0 bridgehead atoms. The summed E-state index contributed by atoms with van der Waals surface area (Å²) in [5.41, 5.74) is 0.558. The number of hydrogen-bond donors (Lipinski definition) is 0. The average Bonchev–Trinajstić information content (AvgIpc) is 2.99. The van der Waals surface area contributed by atoms with Crippen molar-refractivity contribution in [2.75, 3.05) is 20.3 Å². The van der Waals surface area contributed by atoms with Gasteiger partial charge in [-0.05, 0) is 17.7 Å². The summed E-state index contributed by atoms with van der Waals surface area (Å²) in [7, 11) is 1.51. The highest BCUT2D eigenvalue weighted by Crippen LogP contribution is 2.38. The van der Waals surface area contributed by atoms with Crippen LogP contribution in [0.3, 0.4) is 0 Å². The van der Waals surface area contributed by atoms with E-state index in [0.717, 1.165) is 0 Å². The number of amides is 1. The van der Waals surface area contributed by atoms with E-state index in [1.54, 1.807) is 30.3 Å². The van der Waals surface area contributed by atoms with Gasteiger partial charge in [0.15, 0.2) is 5.43 Å². The first-order chi connectivity index (χ1) is 13.5. The lowest BCUT2D eigenvalue weighted by Crippen LogP contribution is -2.32. The molecule has 0 saturated heterocycles. The first-order valence-corrected chi connectivity index (χ1v) is 8.63. The molecule has 8 nitrogen and oxygen atoms in total. The number of fused-ring (bicyclic) bond motifs is 2. The Hall–Kier alpha value is -3.52. The van der Waals surface area contributed by atoms with Crippen molar-refractivity contribution in [1.82, 2.24) is 4.90 Å². The van der Waals surface area contributed by atoms with Crippen molar-refractivity contribution in [2.45, 2.75) is 6.04 Å². The lowest BCUT2D eigenvalue weighted by Gasteiger charge is -2.24. The zero-order chi connectivity index (χ0) is 19.8. The van der Waals surface area contributed by atoms with Crippen LogP contribution >= 0.6 is 0 Å². The molecule has 2 heterocycles. The Kier molecular flexibility index (Phi) is 4.40. The second-order valence-corrected chi connectivity index (χ2v) is 6.42. The predicted molar refractivity (Wildman–Crippen MR) is 100 cm³/mol. The minimum atomic E-state index is -0.779. The van der Waals surface area contributed by atoms with Crippen LogP contribution in [-0.2, 0) is 4.74 Å². The molecule has 0 fully saturated rings. The molecule has 0 aliphatic carbocycles. The quantitative estimate of drug-likeness (QED) is 0.498. The monoisotopic (exact) mass is 380 g/mol. The van der Waals surface area contributed by atoms with Crippen LogP contribution in [0.25, 0.3) is 11.0 Å². The largest absolute Gasteiger partial charge is 0.450 e. The first-order valence-electron chi connectivity index (χ1n) is 8.63. The molecule has 1 aliphatic rings. The normalized spacial score (nSPS) is 15.8. The van der Waals surface area contributed by atoms with E-state index in [-0.39, 0.29) is 35.6 Å². The second-order valence-electron chi connectivity index (χ2n) is 6.42. The number of nitro benzene ring substituents is 1. The summed E-state index contributed by atoms with van der Waals surface area (Å²) in [6.45, 7) is 0.460. The Labute approximate surface area is 159 Å². The van der Waals surface area contributed by atoms with Crippen LogP contribution in [0.1, 0.15) is 27.7 Å². The van der Waals surface area contributed by atoms with Gasteiger partial charge in [-0.15, -0.1) is 0 Å². The van der Waals surface area contributed by atoms with E-state index in [1.165, 1.54) is 30.2 Å². The van der Waals surface area contributed by atoms with Gasteiger partial charge in [0.1, 0.15) is 5.58 Å². The van der Waals surface area contributed by atoms with Crippen LogP contribution in [0, 0.1) is 10.1 Å². The number of hydrogen-bond acceptors (Lipinski definition) is 6. The van der Waals surface area contributed by atoms with Gasteiger partial charge in [0.2, 0.25) is 5.76 Å². The lowest BCUT2D eigenvalue weighted by atomic mass is 9.98. The molecule has 4 rings (SSSR count). The maximum atomic E-state index is 13.2. The van der Waals surface area contributed by atoms with Crippen molar-refractivity contribution in [3.05, 3.63) is 85.8 Å². The van der Waals surface area contributed by atoms with Gasteiger partial charge in [0.25, 0.3) is 11.6 Å². The van der Waals surface area contributed by atoms with Gasteiger partial charge in [-0.2, -0.15) is 0 Å². The van der Waals surface area contributed by atoms with E-state index in [1.807, 2.05) is 0 Å². The van der Waals surface area contributed by atoms with Crippen molar-refractivity contribution >= 4 is 22.6 Å². The number of ether oxygens (including phenoxy) is 1. The van der Waals surface area contributed by atoms with Gasteiger partial charge in [-0.1, -0.05) is 24.3 Å². The third-order valence-corrected chi connectivity index (χ3v) is 4.81. The molecule has 28 heavy (non-hydrogen) atoms. The summed E-state index contributed by atoms with van der Waals surface area (Å²) in [4.78, 5) is 38.3. The fourth-order valence-electron chi connectivity index (χ4n) is 3.54. The lowest BCUT2D eigenvalue weighted by molar-refractivity contribution is -0.384. The van der Waals surface area contributed by atoms with Crippen molar-refractivity contribution in [3.8, 4) is 0 Å². The minimum absolute atomic E-state index is 0.0312. The van der Waals surface area contributed by atoms with Gasteiger partial charge in [0.05, 0.1) is 28.5 Å². The number of methoxy groups -OCH3 is 1. The van der Waals surface area contributed by atoms with Crippen molar-refractivity contribution < 1.29 is 18.9 Å². The molecule has 0 N–H and O–H groups in total. The number of nitrogens with zero attached hydrogens (tertiary/aromatic N) is 2. The van der Waals surface area contributed by atoms with Gasteiger partial charge in [-0.25, -0.2) is 0 Å². The summed E-state index contributed by atoms with van der Waals surface area (Å²) in [6.07, 6.45) is 0. The first kappa shape index (κ1) is 17.9. The Balaban J connectivity index is 1.96. The summed E-state index contributed by atoms with van der Waals surface area (Å²) in [6, 6.07) is 11.9. The third kappa shape index (κ3) is 2.74. The van der Waals surface area contributed by atoms with Crippen LogP contribution < -0.4 is 5.43 Å². The summed E-state index contributed by atoms with van der Waals surface area (Å²) in [5.74, 6) is -0.470. The molecule has 1 atom stereocenters. The zero-order valence-corrected chi connectivity index (χ0v) is 15.0. The fraction of sp³-hybridized carbons (Fsp3) is 0.200. The van der Waals surface area contributed by atoms with Crippen LogP contribution in [0.2, 0.25) is 0 Å². The third-order valence-electron chi connectivity index (χ3n) is 4.81. The van der Waals surface area contributed by atoms with Gasteiger partial charge >= 0.3 is 0 Å². The van der Waals surface area contributed by atoms with Gasteiger partial charge in [-0.3, -0.25) is 19.7 Å². The maximum Gasteiger partial charge on any atom is 0.290 e. The molecule has 8 heteroatoms. The van der Waals surface area contributed by atoms with Crippen molar-refractivity contribution in [2.24, 2.45) is 0 Å². The minimum Gasteiger partial charge on any atom is -0.450 e. The molecule has 142 valence electrons. The molecule has 1 aliphatic heterocycles. The molecular weight excluding hydrogens is 364 g/mol. The summed E-state index contributed by atoms with van der Waals surface area (Å²) in [5, 5.41) is 11.6. The molecule has 1 aromatic heterocycles. The van der Waals surface area contributed by atoms with Gasteiger partial charge < -0.3 is 14.1 Å². The van der Waals surface area contributed by atoms with Crippen LogP contribution in [0.15, 0.2) is 57.7 Å². The number of nitro groups is 1. The summed E-state index contributed by atoms with van der Waals surface area (Å²) < 4.78 is 10.9. The molecule has 0 saturated carbocycles. The number of rotatable bonds is 5. The Morgan fingerprint density at radius 1 is 1.18 bits per heavy atom.